The van der Waals surface area contributed by atoms with Crippen LogP contribution in [0, 0.1) is 0 Å². The minimum Gasteiger partial charge on any atom is -0.448 e. The number of carbonyl (C=O) groups is 4. The predicted octanol–water partition coefficient (Wildman–Crippen LogP) is 2.94. The number of hydrogen-bond acceptors (Lipinski definition) is 5. The molecule has 0 unspecified atom stereocenters. The molecule has 0 aromatic heterocycles. The van der Waals surface area contributed by atoms with Crippen LogP contribution in [0.1, 0.15) is 36.7 Å². The molecule has 2 N–H and O–H groups in total. The lowest BCUT2D eigenvalue weighted by Gasteiger charge is -2.15. The lowest BCUT2D eigenvalue weighted by molar-refractivity contribution is -0.149. The van der Waals surface area contributed by atoms with Crippen molar-refractivity contribution in [3.8, 4) is 0 Å². The zero-order valence-electron chi connectivity index (χ0n) is 16.4. The van der Waals surface area contributed by atoms with Crippen LogP contribution in [0.4, 0.5) is 5.69 Å². The maximum atomic E-state index is 12.5. The highest BCUT2D eigenvalue weighted by atomic mass is 16.5. The quantitative estimate of drug-likeness (QED) is 0.427. The summed E-state index contributed by atoms with van der Waals surface area (Å²) in [5, 5.41) is 5.02. The summed E-state index contributed by atoms with van der Waals surface area (Å²) in [4.78, 5) is 47.7. The fourth-order valence-corrected chi connectivity index (χ4v) is 2.39. The number of Topliss-reactive ketones (excluding diaryl/α,β-unsaturated/α-hetero) is 1. The molecule has 0 saturated heterocycles. The molecule has 0 heterocycles. The van der Waals surface area contributed by atoms with Crippen LogP contribution in [-0.4, -0.2) is 29.7 Å². The van der Waals surface area contributed by atoms with E-state index in [1.54, 1.807) is 42.5 Å². The van der Waals surface area contributed by atoms with Crippen molar-refractivity contribution in [3.63, 3.8) is 0 Å². The molecule has 0 aliphatic heterocycles. The molecule has 150 valence electrons. The highest BCUT2D eigenvalue weighted by Gasteiger charge is 2.21. The average Bonchev–Trinajstić information content (AvgIpc) is 2.68. The molecular formula is C22H22N2O5. The van der Waals surface area contributed by atoms with Crippen LogP contribution in [0.15, 0.2) is 60.3 Å². The highest BCUT2D eigenvalue weighted by Crippen LogP contribution is 2.13. The minimum absolute atomic E-state index is 0.0815. The Morgan fingerprint density at radius 1 is 0.966 bits per heavy atom. The summed E-state index contributed by atoms with van der Waals surface area (Å²) in [6.45, 7) is 4.11. The first kappa shape index (κ1) is 21.6. The van der Waals surface area contributed by atoms with E-state index in [0.29, 0.717) is 16.8 Å². The number of amides is 2. The van der Waals surface area contributed by atoms with Gasteiger partial charge in [0.1, 0.15) is 5.70 Å². The van der Waals surface area contributed by atoms with Gasteiger partial charge in [-0.25, -0.2) is 4.79 Å². The number of ether oxygens (including phenoxy) is 1. The number of hydrogen-bond donors (Lipinski definition) is 2. The SMILES string of the molecule is CC(=O)N/C(=C\c1ccccc1)C(=O)O[C@H](C)C(=O)Nc1cccc(C(C)=O)c1. The maximum Gasteiger partial charge on any atom is 0.355 e. The van der Waals surface area contributed by atoms with Gasteiger partial charge in [-0.05, 0) is 37.6 Å². The van der Waals surface area contributed by atoms with Gasteiger partial charge in [-0.1, -0.05) is 42.5 Å². The standard InChI is InChI=1S/C22H22N2O5/c1-14(25)18-10-7-11-19(13-18)24-21(27)15(2)29-22(28)20(23-16(3)26)12-17-8-5-4-6-9-17/h4-13,15H,1-3H3,(H,23,26)(H,24,27)/b20-12-/t15-/m1/s1. The van der Waals surface area contributed by atoms with Crippen LogP contribution in [0.5, 0.6) is 0 Å². The van der Waals surface area contributed by atoms with Crippen LogP contribution < -0.4 is 10.6 Å². The Hall–Kier alpha value is -3.74. The second kappa shape index (κ2) is 9.98. The summed E-state index contributed by atoms with van der Waals surface area (Å²) in [7, 11) is 0. The van der Waals surface area contributed by atoms with Crippen molar-refractivity contribution < 1.29 is 23.9 Å². The van der Waals surface area contributed by atoms with E-state index in [9.17, 15) is 19.2 Å². The minimum atomic E-state index is -1.13. The summed E-state index contributed by atoms with van der Waals surface area (Å²) in [5.74, 6) is -1.99. The number of nitrogens with one attached hydrogen (secondary N) is 2. The molecule has 2 amide bonds. The summed E-state index contributed by atoms with van der Waals surface area (Å²) in [5.41, 5.74) is 1.46. The van der Waals surface area contributed by atoms with Gasteiger partial charge in [-0.3, -0.25) is 14.4 Å². The van der Waals surface area contributed by atoms with Gasteiger partial charge < -0.3 is 15.4 Å². The van der Waals surface area contributed by atoms with E-state index in [0.717, 1.165) is 0 Å². The molecule has 0 aliphatic rings. The van der Waals surface area contributed by atoms with Gasteiger partial charge in [-0.2, -0.15) is 0 Å². The van der Waals surface area contributed by atoms with E-state index in [1.165, 1.54) is 32.9 Å². The third-order valence-corrected chi connectivity index (χ3v) is 3.83. The molecule has 0 bridgehead atoms. The summed E-state index contributed by atoms with van der Waals surface area (Å²) in [6, 6.07) is 15.3. The Morgan fingerprint density at radius 2 is 1.66 bits per heavy atom. The molecule has 0 saturated carbocycles. The Balaban J connectivity index is 2.09. The van der Waals surface area contributed by atoms with E-state index < -0.39 is 23.9 Å². The van der Waals surface area contributed by atoms with Gasteiger partial charge in [-0.15, -0.1) is 0 Å². The lowest BCUT2D eigenvalue weighted by atomic mass is 10.1. The van der Waals surface area contributed by atoms with Gasteiger partial charge in [0.2, 0.25) is 5.91 Å². The van der Waals surface area contributed by atoms with Gasteiger partial charge in [0.15, 0.2) is 11.9 Å². The smallest absolute Gasteiger partial charge is 0.355 e. The lowest BCUT2D eigenvalue weighted by Crippen LogP contribution is -2.33. The third kappa shape index (κ3) is 6.73. The molecule has 2 rings (SSSR count). The Kier molecular flexibility index (Phi) is 7.42. The second-order valence-electron chi connectivity index (χ2n) is 6.32. The Morgan fingerprint density at radius 3 is 2.28 bits per heavy atom. The molecule has 2 aromatic carbocycles. The number of benzene rings is 2. The molecule has 0 fully saturated rings. The Bertz CT molecular complexity index is 951. The summed E-state index contributed by atoms with van der Waals surface area (Å²) < 4.78 is 5.20. The number of anilines is 1. The van der Waals surface area contributed by atoms with Crippen molar-refractivity contribution in [1.82, 2.24) is 5.32 Å². The molecule has 0 radical (unpaired) electrons. The van der Waals surface area contributed by atoms with E-state index in [-0.39, 0.29) is 11.5 Å². The van der Waals surface area contributed by atoms with E-state index in [1.807, 2.05) is 6.07 Å². The zero-order valence-corrected chi connectivity index (χ0v) is 16.4. The molecule has 29 heavy (non-hydrogen) atoms. The summed E-state index contributed by atoms with van der Waals surface area (Å²) in [6.07, 6.45) is 0.335. The van der Waals surface area contributed by atoms with Gasteiger partial charge in [0.05, 0.1) is 0 Å². The fourth-order valence-electron chi connectivity index (χ4n) is 2.39. The molecule has 0 spiro atoms. The van der Waals surface area contributed by atoms with Crippen molar-refractivity contribution in [3.05, 3.63) is 71.4 Å². The third-order valence-electron chi connectivity index (χ3n) is 3.83. The van der Waals surface area contributed by atoms with Crippen LogP contribution >= 0.6 is 0 Å². The van der Waals surface area contributed by atoms with Crippen LogP contribution in [-0.2, 0) is 19.1 Å². The molecule has 7 nitrogen and oxygen atoms in total. The zero-order chi connectivity index (χ0) is 21.4. The summed E-state index contributed by atoms with van der Waals surface area (Å²) >= 11 is 0. The Labute approximate surface area is 168 Å². The number of carbonyl (C=O) groups excluding carboxylic acids is 4. The van der Waals surface area contributed by atoms with Crippen LogP contribution in [0.2, 0.25) is 0 Å². The highest BCUT2D eigenvalue weighted by molar-refractivity contribution is 6.01. The number of ketones is 1. The fraction of sp³-hybridized carbons (Fsp3) is 0.182. The molecule has 0 aliphatic carbocycles. The average molecular weight is 394 g/mol. The second-order valence-corrected chi connectivity index (χ2v) is 6.32. The number of esters is 1. The normalized spacial score (nSPS) is 11.9. The van der Waals surface area contributed by atoms with Crippen molar-refractivity contribution in [2.45, 2.75) is 26.9 Å². The first-order valence-electron chi connectivity index (χ1n) is 8.93. The van der Waals surface area contributed by atoms with Gasteiger partial charge in [0.25, 0.3) is 5.91 Å². The van der Waals surface area contributed by atoms with E-state index in [4.69, 9.17) is 4.74 Å². The van der Waals surface area contributed by atoms with Gasteiger partial charge >= 0.3 is 5.97 Å². The topological polar surface area (TPSA) is 102 Å². The van der Waals surface area contributed by atoms with E-state index in [2.05, 4.69) is 10.6 Å². The van der Waals surface area contributed by atoms with E-state index >= 15 is 0 Å². The van der Waals surface area contributed by atoms with Crippen molar-refractivity contribution in [2.75, 3.05) is 5.32 Å². The van der Waals surface area contributed by atoms with Crippen LogP contribution in [0.25, 0.3) is 6.08 Å². The molecule has 1 atom stereocenters. The monoisotopic (exact) mass is 394 g/mol. The van der Waals surface area contributed by atoms with Crippen LogP contribution in [0.3, 0.4) is 0 Å². The maximum absolute atomic E-state index is 12.5. The first-order valence-corrected chi connectivity index (χ1v) is 8.93. The van der Waals surface area contributed by atoms with Crippen molar-refractivity contribution >= 4 is 35.3 Å². The number of rotatable bonds is 7. The predicted molar refractivity (Wildman–Crippen MR) is 109 cm³/mol. The molecule has 7 heteroatoms. The molecule has 2 aromatic rings. The first-order chi connectivity index (χ1) is 13.8. The molecular weight excluding hydrogens is 372 g/mol. The van der Waals surface area contributed by atoms with Crippen molar-refractivity contribution in [2.24, 2.45) is 0 Å². The van der Waals surface area contributed by atoms with Gasteiger partial charge in [0, 0.05) is 18.2 Å². The van der Waals surface area contributed by atoms with Crippen molar-refractivity contribution in [1.29, 1.82) is 0 Å². The largest absolute Gasteiger partial charge is 0.448 e.